The summed E-state index contributed by atoms with van der Waals surface area (Å²) in [6, 6.07) is 8.63. The average Bonchev–Trinajstić information content (AvgIpc) is 2.20. The largest absolute Gasteiger partial charge is 0.491 e. The maximum atomic E-state index is 5.59. The molecule has 1 aromatic carbocycles. The van der Waals surface area contributed by atoms with Crippen molar-refractivity contribution in [3.8, 4) is 5.75 Å². The van der Waals surface area contributed by atoms with Gasteiger partial charge in [0.2, 0.25) is 0 Å². The van der Waals surface area contributed by atoms with Crippen LogP contribution < -0.4 is 10.1 Å². The number of nitrogens with one attached hydrogen (secondary N) is 1. The Labute approximate surface area is 99.0 Å². The van der Waals surface area contributed by atoms with Gasteiger partial charge in [0, 0.05) is 11.7 Å². The zero-order chi connectivity index (χ0) is 12.1. The van der Waals surface area contributed by atoms with E-state index < -0.39 is 0 Å². The van der Waals surface area contributed by atoms with Gasteiger partial charge in [-0.2, -0.15) is 0 Å². The fourth-order valence-corrected chi connectivity index (χ4v) is 1.33. The minimum atomic E-state index is 0.230. The second-order valence-electron chi connectivity index (χ2n) is 4.87. The van der Waals surface area contributed by atoms with Crippen molar-refractivity contribution in [2.24, 2.45) is 5.92 Å². The lowest BCUT2D eigenvalue weighted by atomic mass is 10.1. The summed E-state index contributed by atoms with van der Waals surface area (Å²) in [5.74, 6) is 1.56. The lowest BCUT2D eigenvalue weighted by Crippen LogP contribution is -2.21. The molecule has 0 radical (unpaired) electrons. The summed E-state index contributed by atoms with van der Waals surface area (Å²) in [5, 5.41) is 3.47. The van der Waals surface area contributed by atoms with E-state index in [4.69, 9.17) is 4.74 Å². The van der Waals surface area contributed by atoms with E-state index >= 15 is 0 Å². The summed E-state index contributed by atoms with van der Waals surface area (Å²) >= 11 is 0. The number of anilines is 1. The summed E-state index contributed by atoms with van der Waals surface area (Å²) in [6.07, 6.45) is 0.230. The Bertz CT molecular complexity index is 303. The molecule has 0 amide bonds. The van der Waals surface area contributed by atoms with Crippen molar-refractivity contribution >= 4 is 5.69 Å². The van der Waals surface area contributed by atoms with Gasteiger partial charge in [0.15, 0.2) is 0 Å². The molecule has 1 rings (SSSR count). The first-order valence-corrected chi connectivity index (χ1v) is 6.02. The van der Waals surface area contributed by atoms with Gasteiger partial charge < -0.3 is 10.1 Å². The Morgan fingerprint density at radius 3 is 1.94 bits per heavy atom. The Morgan fingerprint density at radius 2 is 1.50 bits per heavy atom. The van der Waals surface area contributed by atoms with Crippen LogP contribution in [0.5, 0.6) is 5.75 Å². The summed E-state index contributed by atoms with van der Waals surface area (Å²) in [5.41, 5.74) is 1.15. The first-order valence-electron chi connectivity index (χ1n) is 6.02. The summed E-state index contributed by atoms with van der Waals surface area (Å²) < 4.78 is 5.59. The maximum Gasteiger partial charge on any atom is 0.119 e. The summed E-state index contributed by atoms with van der Waals surface area (Å²) in [7, 11) is 0. The Morgan fingerprint density at radius 1 is 0.938 bits per heavy atom. The van der Waals surface area contributed by atoms with Gasteiger partial charge in [-0.25, -0.2) is 0 Å². The van der Waals surface area contributed by atoms with E-state index in [0.717, 1.165) is 11.4 Å². The van der Waals surface area contributed by atoms with Crippen molar-refractivity contribution in [2.75, 3.05) is 5.32 Å². The van der Waals surface area contributed by atoms with E-state index in [0.29, 0.717) is 12.0 Å². The van der Waals surface area contributed by atoms with Crippen LogP contribution in [0.25, 0.3) is 0 Å². The molecule has 1 atom stereocenters. The van der Waals surface area contributed by atoms with Crippen molar-refractivity contribution < 1.29 is 4.74 Å². The predicted molar refractivity (Wildman–Crippen MR) is 70.1 cm³/mol. The smallest absolute Gasteiger partial charge is 0.119 e. The molecular formula is C14H23NO. The Balaban J connectivity index is 2.57. The van der Waals surface area contributed by atoms with Crippen molar-refractivity contribution in [2.45, 2.75) is 46.8 Å². The van der Waals surface area contributed by atoms with Gasteiger partial charge in [-0.1, -0.05) is 13.8 Å². The minimum absolute atomic E-state index is 0.230. The van der Waals surface area contributed by atoms with E-state index in [2.05, 4.69) is 38.2 Å². The molecule has 0 saturated heterocycles. The molecular weight excluding hydrogens is 198 g/mol. The SMILES string of the molecule is CC(C)Oc1ccc(NC(C)C(C)C)cc1. The Hall–Kier alpha value is -1.18. The monoisotopic (exact) mass is 221 g/mol. The summed E-state index contributed by atoms with van der Waals surface area (Å²) in [4.78, 5) is 0. The quantitative estimate of drug-likeness (QED) is 0.813. The standard InChI is InChI=1S/C14H23NO/c1-10(2)12(5)15-13-6-8-14(9-7-13)16-11(3)4/h6-12,15H,1-5H3. The van der Waals surface area contributed by atoms with Crippen LogP contribution in [0.4, 0.5) is 5.69 Å². The molecule has 1 aromatic rings. The highest BCUT2D eigenvalue weighted by molar-refractivity contribution is 5.47. The van der Waals surface area contributed by atoms with Crippen LogP contribution in [-0.2, 0) is 0 Å². The lowest BCUT2D eigenvalue weighted by molar-refractivity contribution is 0.242. The predicted octanol–water partition coefficient (Wildman–Crippen LogP) is 3.93. The van der Waals surface area contributed by atoms with Gasteiger partial charge in [-0.3, -0.25) is 0 Å². The number of hydrogen-bond acceptors (Lipinski definition) is 2. The molecule has 0 aromatic heterocycles. The van der Waals surface area contributed by atoms with E-state index in [9.17, 15) is 0 Å². The zero-order valence-electron chi connectivity index (χ0n) is 10.9. The van der Waals surface area contributed by atoms with Gasteiger partial charge in [0.1, 0.15) is 5.75 Å². The van der Waals surface area contributed by atoms with Crippen LogP contribution in [-0.4, -0.2) is 12.1 Å². The molecule has 0 saturated carbocycles. The van der Waals surface area contributed by atoms with E-state index in [1.165, 1.54) is 0 Å². The third-order valence-corrected chi connectivity index (χ3v) is 2.62. The molecule has 16 heavy (non-hydrogen) atoms. The highest BCUT2D eigenvalue weighted by Gasteiger charge is 2.06. The van der Waals surface area contributed by atoms with Crippen molar-refractivity contribution in [3.63, 3.8) is 0 Å². The fraction of sp³-hybridized carbons (Fsp3) is 0.571. The second-order valence-corrected chi connectivity index (χ2v) is 4.87. The first kappa shape index (κ1) is 12.9. The van der Waals surface area contributed by atoms with E-state index in [-0.39, 0.29) is 6.10 Å². The van der Waals surface area contributed by atoms with Gasteiger partial charge >= 0.3 is 0 Å². The normalized spacial score (nSPS) is 12.9. The molecule has 1 N–H and O–H groups in total. The topological polar surface area (TPSA) is 21.3 Å². The number of ether oxygens (including phenoxy) is 1. The number of rotatable bonds is 5. The highest BCUT2D eigenvalue weighted by atomic mass is 16.5. The molecule has 2 heteroatoms. The summed E-state index contributed by atoms with van der Waals surface area (Å²) in [6.45, 7) is 10.7. The molecule has 0 spiro atoms. The maximum absolute atomic E-state index is 5.59. The average molecular weight is 221 g/mol. The molecule has 0 bridgehead atoms. The first-order chi connectivity index (χ1) is 7.49. The molecule has 0 heterocycles. The molecule has 0 fully saturated rings. The van der Waals surface area contributed by atoms with Gasteiger partial charge in [-0.15, -0.1) is 0 Å². The van der Waals surface area contributed by atoms with Crippen molar-refractivity contribution in [1.82, 2.24) is 0 Å². The van der Waals surface area contributed by atoms with Crippen LogP contribution in [0, 0.1) is 5.92 Å². The fourth-order valence-electron chi connectivity index (χ4n) is 1.33. The molecule has 0 aliphatic rings. The molecule has 2 nitrogen and oxygen atoms in total. The number of hydrogen-bond donors (Lipinski definition) is 1. The zero-order valence-corrected chi connectivity index (χ0v) is 10.9. The highest BCUT2D eigenvalue weighted by Crippen LogP contribution is 2.18. The van der Waals surface area contributed by atoms with Gasteiger partial charge in [0.05, 0.1) is 6.10 Å². The van der Waals surface area contributed by atoms with Gasteiger partial charge in [-0.05, 0) is 51.0 Å². The van der Waals surface area contributed by atoms with E-state index in [1.54, 1.807) is 0 Å². The molecule has 0 aliphatic heterocycles. The van der Waals surface area contributed by atoms with E-state index in [1.807, 2.05) is 26.0 Å². The van der Waals surface area contributed by atoms with Gasteiger partial charge in [0.25, 0.3) is 0 Å². The van der Waals surface area contributed by atoms with Crippen LogP contribution in [0.3, 0.4) is 0 Å². The minimum Gasteiger partial charge on any atom is -0.491 e. The molecule has 1 unspecified atom stereocenters. The second kappa shape index (κ2) is 5.78. The number of benzene rings is 1. The van der Waals surface area contributed by atoms with Crippen LogP contribution in [0.1, 0.15) is 34.6 Å². The van der Waals surface area contributed by atoms with Crippen molar-refractivity contribution in [3.05, 3.63) is 24.3 Å². The third-order valence-electron chi connectivity index (χ3n) is 2.62. The lowest BCUT2D eigenvalue weighted by Gasteiger charge is -2.19. The Kier molecular flexibility index (Phi) is 4.66. The van der Waals surface area contributed by atoms with Crippen molar-refractivity contribution in [1.29, 1.82) is 0 Å². The van der Waals surface area contributed by atoms with Crippen LogP contribution >= 0.6 is 0 Å². The van der Waals surface area contributed by atoms with Crippen LogP contribution in [0.15, 0.2) is 24.3 Å². The molecule has 90 valence electrons. The third kappa shape index (κ3) is 4.13. The molecule has 0 aliphatic carbocycles. The van der Waals surface area contributed by atoms with Crippen LogP contribution in [0.2, 0.25) is 0 Å².